The number of rotatable bonds is 7. The first-order chi connectivity index (χ1) is 27.2. The van der Waals surface area contributed by atoms with Gasteiger partial charge < -0.3 is 0 Å². The van der Waals surface area contributed by atoms with Crippen molar-refractivity contribution in [2.75, 3.05) is 0 Å². The number of hydrogen-bond donors (Lipinski definition) is 0. The summed E-state index contributed by atoms with van der Waals surface area (Å²) in [6.07, 6.45) is 0. The summed E-state index contributed by atoms with van der Waals surface area (Å²) in [6, 6.07) is 61.9. The summed E-state index contributed by atoms with van der Waals surface area (Å²) in [5, 5.41) is 2.30. The highest BCUT2D eigenvalue weighted by molar-refractivity contribution is 7.26. The van der Waals surface area contributed by atoms with Gasteiger partial charge in [0.25, 0.3) is 0 Å². The fourth-order valence-electron chi connectivity index (χ4n) is 6.87. The van der Waals surface area contributed by atoms with Gasteiger partial charge >= 0.3 is 0 Å². The lowest BCUT2D eigenvalue weighted by Crippen LogP contribution is -2.00. The van der Waals surface area contributed by atoms with Crippen molar-refractivity contribution < 1.29 is 0 Å². The molecular weight excluding hydrogens is 693 g/mol. The Bertz CT molecular complexity index is 2840. The Hall–Kier alpha value is -7.22. The second-order valence-corrected chi connectivity index (χ2v) is 14.2. The van der Waals surface area contributed by atoms with Crippen molar-refractivity contribution in [3.8, 4) is 79.5 Å². The molecule has 3 heterocycles. The number of aromatic nitrogens is 6. The Morgan fingerprint density at radius 2 is 0.655 bits per heavy atom. The van der Waals surface area contributed by atoms with E-state index in [0.29, 0.717) is 34.9 Å². The fraction of sp³-hybridized carbons (Fsp3) is 0. The van der Waals surface area contributed by atoms with Crippen LogP contribution in [0.5, 0.6) is 0 Å². The molecule has 0 atom stereocenters. The normalized spacial score (nSPS) is 11.3. The predicted molar refractivity (Wildman–Crippen MR) is 224 cm³/mol. The first kappa shape index (κ1) is 32.4. The van der Waals surface area contributed by atoms with Crippen molar-refractivity contribution >= 4 is 31.5 Å². The van der Waals surface area contributed by atoms with E-state index >= 15 is 0 Å². The van der Waals surface area contributed by atoms with Crippen molar-refractivity contribution in [3.05, 3.63) is 182 Å². The van der Waals surface area contributed by atoms with Gasteiger partial charge in [0.05, 0.1) is 0 Å². The highest BCUT2D eigenvalue weighted by Gasteiger charge is 2.18. The number of nitrogens with zero attached hydrogens (tertiary/aromatic N) is 6. The summed E-state index contributed by atoms with van der Waals surface area (Å²) in [5.74, 6) is 3.85. The Morgan fingerprint density at radius 1 is 0.273 bits per heavy atom. The molecule has 0 bridgehead atoms. The Kier molecular flexibility index (Phi) is 8.24. The Balaban J connectivity index is 1.06. The molecule has 0 saturated heterocycles. The number of thiophene rings is 1. The van der Waals surface area contributed by atoms with Crippen molar-refractivity contribution in [1.82, 2.24) is 29.9 Å². The summed E-state index contributed by atoms with van der Waals surface area (Å²) in [6.45, 7) is 0. The highest BCUT2D eigenvalue weighted by Crippen LogP contribution is 2.41. The van der Waals surface area contributed by atoms with Crippen LogP contribution in [0.25, 0.3) is 99.6 Å². The summed E-state index contributed by atoms with van der Waals surface area (Å²) < 4.78 is 2.39. The van der Waals surface area contributed by atoms with Gasteiger partial charge in [-0.2, -0.15) is 0 Å². The lowest BCUT2D eigenvalue weighted by Gasteiger charge is -2.10. The zero-order chi connectivity index (χ0) is 36.6. The van der Waals surface area contributed by atoms with Crippen LogP contribution in [0, 0.1) is 0 Å². The summed E-state index contributed by atoms with van der Waals surface area (Å²) in [5.41, 5.74) is 7.89. The third kappa shape index (κ3) is 6.33. The van der Waals surface area contributed by atoms with E-state index in [0.717, 1.165) is 55.3 Å². The van der Waals surface area contributed by atoms with Crippen LogP contribution in [0.1, 0.15) is 0 Å². The lowest BCUT2D eigenvalue weighted by atomic mass is 9.99. The van der Waals surface area contributed by atoms with Gasteiger partial charge in [-0.05, 0) is 29.3 Å². The molecule has 0 amide bonds. The average Bonchev–Trinajstić information content (AvgIpc) is 3.66. The Morgan fingerprint density at radius 3 is 1.11 bits per heavy atom. The van der Waals surface area contributed by atoms with Crippen molar-refractivity contribution in [1.29, 1.82) is 0 Å². The Labute approximate surface area is 321 Å². The number of fused-ring (bicyclic) bond motifs is 3. The van der Waals surface area contributed by atoms with Crippen LogP contribution in [0.2, 0.25) is 0 Å². The summed E-state index contributed by atoms with van der Waals surface area (Å²) in [4.78, 5) is 29.8. The molecule has 258 valence electrons. The second kappa shape index (κ2) is 14.0. The first-order valence-electron chi connectivity index (χ1n) is 18.0. The quantitative estimate of drug-likeness (QED) is 0.163. The maximum atomic E-state index is 5.07. The molecule has 0 saturated carbocycles. The molecule has 0 fully saturated rings. The summed E-state index contributed by atoms with van der Waals surface area (Å²) in [7, 11) is 0. The molecule has 0 aliphatic heterocycles. The smallest absolute Gasteiger partial charge is 0.164 e. The van der Waals surface area contributed by atoms with Crippen LogP contribution in [-0.2, 0) is 0 Å². The number of hydrogen-bond acceptors (Lipinski definition) is 7. The van der Waals surface area contributed by atoms with Crippen LogP contribution >= 0.6 is 11.3 Å². The van der Waals surface area contributed by atoms with Gasteiger partial charge in [-0.3, -0.25) is 0 Å². The van der Waals surface area contributed by atoms with Gasteiger partial charge in [-0.25, -0.2) is 29.9 Å². The standard InChI is InChI=1S/C48H30N6S/c1-5-14-32(15-6-1)43-49-44(33-16-7-2-8-17-33)51-47(50-43)36-26-24-31(25-27-36)37-28-29-40-39(30-37)42-38(22-13-23-41(42)55-40)48-53-45(34-18-9-3-10-19-34)52-46(54-48)35-20-11-4-12-21-35/h1-30H. The molecule has 0 aliphatic carbocycles. The third-order valence-corrected chi connectivity index (χ3v) is 10.7. The van der Waals surface area contributed by atoms with Gasteiger partial charge in [0.15, 0.2) is 34.9 Å². The molecule has 0 aliphatic rings. The molecule has 0 N–H and O–H groups in total. The molecule has 7 heteroatoms. The average molecular weight is 723 g/mol. The van der Waals surface area contributed by atoms with E-state index in [1.165, 1.54) is 9.40 Å². The molecule has 7 aromatic carbocycles. The van der Waals surface area contributed by atoms with Gasteiger partial charge in [0.1, 0.15) is 0 Å². The maximum absolute atomic E-state index is 5.07. The van der Waals surface area contributed by atoms with Crippen LogP contribution in [0.15, 0.2) is 182 Å². The second-order valence-electron chi connectivity index (χ2n) is 13.1. The van der Waals surface area contributed by atoms with Crippen LogP contribution in [-0.4, -0.2) is 29.9 Å². The minimum absolute atomic E-state index is 0.630. The third-order valence-electron chi connectivity index (χ3n) is 9.61. The predicted octanol–water partition coefficient (Wildman–Crippen LogP) is 12.1. The van der Waals surface area contributed by atoms with Gasteiger partial charge in [-0.1, -0.05) is 164 Å². The zero-order valence-corrected chi connectivity index (χ0v) is 30.2. The van der Waals surface area contributed by atoms with Crippen LogP contribution in [0.4, 0.5) is 0 Å². The molecule has 10 aromatic rings. The topological polar surface area (TPSA) is 77.3 Å². The molecule has 0 spiro atoms. The van der Waals surface area contributed by atoms with Gasteiger partial charge in [-0.15, -0.1) is 11.3 Å². The fourth-order valence-corrected chi connectivity index (χ4v) is 7.98. The van der Waals surface area contributed by atoms with E-state index in [1.807, 2.05) is 121 Å². The van der Waals surface area contributed by atoms with Gasteiger partial charge in [0.2, 0.25) is 0 Å². The molecule has 0 radical (unpaired) electrons. The van der Waals surface area contributed by atoms with Crippen LogP contribution < -0.4 is 0 Å². The summed E-state index contributed by atoms with van der Waals surface area (Å²) >= 11 is 1.78. The van der Waals surface area contributed by atoms with E-state index in [2.05, 4.69) is 60.7 Å². The maximum Gasteiger partial charge on any atom is 0.164 e. The monoisotopic (exact) mass is 722 g/mol. The largest absolute Gasteiger partial charge is 0.208 e. The number of benzene rings is 7. The zero-order valence-electron chi connectivity index (χ0n) is 29.4. The van der Waals surface area contributed by atoms with Crippen molar-refractivity contribution in [3.63, 3.8) is 0 Å². The SMILES string of the molecule is c1ccc(-c2nc(-c3ccccc3)nc(-c3ccc(-c4ccc5sc6cccc(-c7nc(-c8ccccc8)nc(-c8ccccc8)n7)c6c5c4)cc3)n2)cc1. The first-order valence-corrected chi connectivity index (χ1v) is 18.9. The lowest BCUT2D eigenvalue weighted by molar-refractivity contribution is 1.07. The van der Waals surface area contributed by atoms with Crippen molar-refractivity contribution in [2.45, 2.75) is 0 Å². The molecular formula is C48H30N6S. The highest BCUT2D eigenvalue weighted by atomic mass is 32.1. The molecule has 10 rings (SSSR count). The van der Waals surface area contributed by atoms with E-state index in [-0.39, 0.29) is 0 Å². The van der Waals surface area contributed by atoms with Crippen LogP contribution in [0.3, 0.4) is 0 Å². The molecule has 3 aromatic heterocycles. The molecule has 6 nitrogen and oxygen atoms in total. The van der Waals surface area contributed by atoms with E-state index in [4.69, 9.17) is 29.9 Å². The van der Waals surface area contributed by atoms with E-state index < -0.39 is 0 Å². The van der Waals surface area contributed by atoms with Crippen molar-refractivity contribution in [2.24, 2.45) is 0 Å². The van der Waals surface area contributed by atoms with E-state index in [9.17, 15) is 0 Å². The minimum atomic E-state index is 0.630. The van der Waals surface area contributed by atoms with Gasteiger partial charge in [0, 0.05) is 53.6 Å². The molecule has 0 unspecified atom stereocenters. The molecule has 55 heavy (non-hydrogen) atoms. The van der Waals surface area contributed by atoms with E-state index in [1.54, 1.807) is 11.3 Å². The minimum Gasteiger partial charge on any atom is -0.208 e.